The summed E-state index contributed by atoms with van der Waals surface area (Å²) in [6.45, 7) is 0.913. The third-order valence-electron chi connectivity index (χ3n) is 5.33. The molecule has 1 saturated carbocycles. The molecule has 5 nitrogen and oxygen atoms in total. The Morgan fingerprint density at radius 1 is 1.03 bits per heavy atom. The summed E-state index contributed by atoms with van der Waals surface area (Å²) in [5.74, 6) is 2.59. The monoisotopic (exact) mass is 412 g/mol. The third-order valence-corrected chi connectivity index (χ3v) is 5.33. The molecule has 1 aliphatic carbocycles. The molecule has 4 rings (SSSR count). The molecule has 1 fully saturated rings. The lowest BCUT2D eigenvalue weighted by molar-refractivity contribution is 0.402. The van der Waals surface area contributed by atoms with Crippen LogP contribution in [0.2, 0.25) is 0 Å². The van der Waals surface area contributed by atoms with E-state index >= 15 is 0 Å². The van der Waals surface area contributed by atoms with Crippen LogP contribution in [0.4, 0.5) is 0 Å². The molecule has 6 heteroatoms. The Morgan fingerprint density at radius 3 is 2.41 bits per heavy atom. The molecule has 0 amide bonds. The van der Waals surface area contributed by atoms with Crippen LogP contribution in [-0.4, -0.2) is 40.9 Å². The summed E-state index contributed by atoms with van der Waals surface area (Å²) in [6, 6.07) is 17.1. The lowest BCUT2D eigenvalue weighted by atomic mass is 10.1. The standard InChI is InChI=1S/C23H28N4O.ClH/c1-26(2)16-17-7-6-8-19(15-17)23-24-22(18-11-13-21(28-3)14-12-18)25-27(23)20-9-4-5-10-20;/h6-8,11-15,20H,4-5,9-10,16H2,1-3H3;1H. The molecule has 2 aromatic carbocycles. The van der Waals surface area contributed by atoms with E-state index in [9.17, 15) is 0 Å². The quantitative estimate of drug-likeness (QED) is 0.556. The van der Waals surface area contributed by atoms with E-state index in [1.54, 1.807) is 7.11 Å². The maximum Gasteiger partial charge on any atom is 0.181 e. The van der Waals surface area contributed by atoms with Gasteiger partial charge in [0.25, 0.3) is 0 Å². The van der Waals surface area contributed by atoms with Crippen LogP contribution in [0.1, 0.15) is 37.3 Å². The first-order valence-electron chi connectivity index (χ1n) is 9.99. The number of nitrogens with zero attached hydrogens (tertiary/aromatic N) is 4. The number of benzene rings is 2. The fourth-order valence-corrected chi connectivity index (χ4v) is 3.96. The molecule has 29 heavy (non-hydrogen) atoms. The van der Waals surface area contributed by atoms with Crippen molar-refractivity contribution in [2.24, 2.45) is 0 Å². The van der Waals surface area contributed by atoms with Crippen LogP contribution in [0.3, 0.4) is 0 Å². The minimum atomic E-state index is 0. The van der Waals surface area contributed by atoms with Gasteiger partial charge in [-0.15, -0.1) is 12.4 Å². The summed E-state index contributed by atoms with van der Waals surface area (Å²) >= 11 is 0. The van der Waals surface area contributed by atoms with Gasteiger partial charge < -0.3 is 9.64 Å². The van der Waals surface area contributed by atoms with Crippen molar-refractivity contribution in [1.82, 2.24) is 19.7 Å². The topological polar surface area (TPSA) is 43.2 Å². The Bertz CT molecular complexity index is 930. The second-order valence-electron chi connectivity index (χ2n) is 7.81. The molecule has 0 aliphatic heterocycles. The van der Waals surface area contributed by atoms with Crippen molar-refractivity contribution < 1.29 is 4.74 Å². The molecule has 1 aromatic heterocycles. The summed E-state index contributed by atoms with van der Waals surface area (Å²) in [5, 5.41) is 4.94. The molecule has 1 heterocycles. The summed E-state index contributed by atoms with van der Waals surface area (Å²) in [5.41, 5.74) is 3.44. The Hall–Kier alpha value is -2.37. The van der Waals surface area contributed by atoms with Crippen molar-refractivity contribution in [3.63, 3.8) is 0 Å². The third kappa shape index (κ3) is 4.80. The van der Waals surface area contributed by atoms with Crippen LogP contribution < -0.4 is 4.74 Å². The lowest BCUT2D eigenvalue weighted by Gasteiger charge is -2.14. The van der Waals surface area contributed by atoms with Gasteiger partial charge in [-0.3, -0.25) is 0 Å². The van der Waals surface area contributed by atoms with Crippen LogP contribution in [-0.2, 0) is 6.54 Å². The molecule has 0 unspecified atom stereocenters. The largest absolute Gasteiger partial charge is 0.497 e. The SMILES string of the molecule is COc1ccc(-c2nc(-c3cccc(CN(C)C)c3)n(C3CCCC3)n2)cc1.Cl. The molecular weight excluding hydrogens is 384 g/mol. The molecule has 0 atom stereocenters. The minimum absolute atomic E-state index is 0. The highest BCUT2D eigenvalue weighted by molar-refractivity contribution is 5.85. The lowest BCUT2D eigenvalue weighted by Crippen LogP contribution is -2.11. The van der Waals surface area contributed by atoms with E-state index in [1.807, 2.05) is 24.3 Å². The molecule has 3 aromatic rings. The van der Waals surface area contributed by atoms with Gasteiger partial charge >= 0.3 is 0 Å². The van der Waals surface area contributed by atoms with Gasteiger partial charge in [0.15, 0.2) is 11.6 Å². The van der Waals surface area contributed by atoms with E-state index < -0.39 is 0 Å². The van der Waals surface area contributed by atoms with Crippen LogP contribution in [0, 0.1) is 0 Å². The maximum atomic E-state index is 5.28. The predicted molar refractivity (Wildman–Crippen MR) is 120 cm³/mol. The van der Waals surface area contributed by atoms with Gasteiger partial charge in [-0.25, -0.2) is 9.67 Å². The van der Waals surface area contributed by atoms with Crippen molar-refractivity contribution >= 4 is 12.4 Å². The average Bonchev–Trinajstić information content (AvgIpc) is 3.37. The normalized spacial score (nSPS) is 14.2. The first kappa shape index (κ1) is 21.3. The zero-order valence-electron chi connectivity index (χ0n) is 17.3. The number of hydrogen-bond acceptors (Lipinski definition) is 4. The second kappa shape index (κ2) is 9.42. The molecule has 0 saturated heterocycles. The zero-order chi connectivity index (χ0) is 19.5. The summed E-state index contributed by atoms with van der Waals surface area (Å²) in [6.07, 6.45) is 4.89. The molecule has 0 radical (unpaired) electrons. The molecule has 0 bridgehead atoms. The first-order chi connectivity index (χ1) is 13.6. The highest BCUT2D eigenvalue weighted by Crippen LogP contribution is 2.34. The highest BCUT2D eigenvalue weighted by atomic mass is 35.5. The van der Waals surface area contributed by atoms with Crippen molar-refractivity contribution in [1.29, 1.82) is 0 Å². The van der Waals surface area contributed by atoms with E-state index in [0.717, 1.165) is 35.1 Å². The van der Waals surface area contributed by atoms with Crippen LogP contribution in [0.5, 0.6) is 5.75 Å². The summed E-state index contributed by atoms with van der Waals surface area (Å²) in [4.78, 5) is 7.15. The zero-order valence-corrected chi connectivity index (χ0v) is 18.2. The predicted octanol–water partition coefficient (Wildman–Crippen LogP) is 5.22. The van der Waals surface area contributed by atoms with E-state index in [1.165, 1.54) is 31.2 Å². The number of hydrogen-bond donors (Lipinski definition) is 0. The number of methoxy groups -OCH3 is 1. The van der Waals surface area contributed by atoms with Crippen molar-refractivity contribution in [3.8, 4) is 28.5 Å². The van der Waals surface area contributed by atoms with Gasteiger partial charge in [-0.05, 0) is 62.8 Å². The van der Waals surface area contributed by atoms with Crippen LogP contribution in [0.15, 0.2) is 48.5 Å². The Morgan fingerprint density at radius 2 is 1.76 bits per heavy atom. The van der Waals surface area contributed by atoms with Crippen molar-refractivity contribution in [2.75, 3.05) is 21.2 Å². The molecule has 0 spiro atoms. The highest BCUT2D eigenvalue weighted by Gasteiger charge is 2.23. The Balaban J connectivity index is 0.00000240. The molecular formula is C23H29ClN4O. The Kier molecular flexibility index (Phi) is 6.93. The van der Waals surface area contributed by atoms with E-state index in [0.29, 0.717) is 6.04 Å². The van der Waals surface area contributed by atoms with Gasteiger partial charge in [0.05, 0.1) is 13.2 Å². The van der Waals surface area contributed by atoms with Gasteiger partial charge in [0.1, 0.15) is 5.75 Å². The smallest absolute Gasteiger partial charge is 0.181 e. The summed E-state index contributed by atoms with van der Waals surface area (Å²) in [7, 11) is 5.87. The number of ether oxygens (including phenoxy) is 1. The fraction of sp³-hybridized carbons (Fsp3) is 0.391. The van der Waals surface area contributed by atoms with E-state index in [4.69, 9.17) is 14.8 Å². The molecule has 0 N–H and O–H groups in total. The first-order valence-corrected chi connectivity index (χ1v) is 9.99. The molecule has 1 aliphatic rings. The average molecular weight is 413 g/mol. The minimum Gasteiger partial charge on any atom is -0.497 e. The van der Waals surface area contributed by atoms with Crippen LogP contribution >= 0.6 is 12.4 Å². The van der Waals surface area contributed by atoms with E-state index in [2.05, 4.69) is 47.9 Å². The maximum absolute atomic E-state index is 5.28. The van der Waals surface area contributed by atoms with Gasteiger partial charge in [0, 0.05) is 17.7 Å². The number of aromatic nitrogens is 3. The van der Waals surface area contributed by atoms with Crippen molar-refractivity contribution in [2.45, 2.75) is 38.3 Å². The van der Waals surface area contributed by atoms with E-state index in [-0.39, 0.29) is 12.4 Å². The number of rotatable bonds is 6. The van der Waals surface area contributed by atoms with Crippen LogP contribution in [0.25, 0.3) is 22.8 Å². The van der Waals surface area contributed by atoms with Crippen molar-refractivity contribution in [3.05, 3.63) is 54.1 Å². The van der Waals surface area contributed by atoms with Gasteiger partial charge in [0.2, 0.25) is 0 Å². The second-order valence-corrected chi connectivity index (χ2v) is 7.81. The summed E-state index contributed by atoms with van der Waals surface area (Å²) < 4.78 is 7.45. The van der Waals surface area contributed by atoms with Gasteiger partial charge in [-0.1, -0.05) is 31.0 Å². The van der Waals surface area contributed by atoms with Gasteiger partial charge in [-0.2, -0.15) is 5.10 Å². The number of halogens is 1. The molecule has 154 valence electrons. The fourth-order valence-electron chi connectivity index (χ4n) is 3.96. The Labute approximate surface area is 179 Å².